The zero-order valence-corrected chi connectivity index (χ0v) is 11.1. The van der Waals surface area contributed by atoms with Gasteiger partial charge in [-0.05, 0) is 36.9 Å². The third-order valence-corrected chi connectivity index (χ3v) is 3.17. The number of hydrogen-bond donors (Lipinski definition) is 1. The van der Waals surface area contributed by atoms with Gasteiger partial charge in [-0.15, -0.1) is 0 Å². The third-order valence-electron chi connectivity index (χ3n) is 2.88. The van der Waals surface area contributed by atoms with E-state index in [1.165, 1.54) is 6.07 Å². The second-order valence-corrected chi connectivity index (χ2v) is 4.46. The van der Waals surface area contributed by atoms with Crippen molar-refractivity contribution in [1.29, 1.82) is 0 Å². The number of hydrogen-bond acceptors (Lipinski definition) is 2. The smallest absolute Gasteiger partial charge is 0.141 e. The monoisotopic (exact) mass is 267 g/mol. The van der Waals surface area contributed by atoms with E-state index in [2.05, 4.69) is 5.32 Å². The van der Waals surface area contributed by atoms with Gasteiger partial charge in [0, 0.05) is 6.42 Å². The van der Waals surface area contributed by atoms with Crippen LogP contribution in [0.2, 0.25) is 5.02 Å². The molecule has 0 radical (unpaired) electrons. The first-order valence-electron chi connectivity index (χ1n) is 5.86. The quantitative estimate of drug-likeness (QED) is 0.908. The predicted molar refractivity (Wildman–Crippen MR) is 70.4 cm³/mol. The molecule has 2 nitrogen and oxygen atoms in total. The molecule has 2 rings (SSSR count). The lowest BCUT2D eigenvalue weighted by Gasteiger charge is -2.14. The molecule has 0 fully saturated rings. The van der Waals surface area contributed by atoms with Gasteiger partial charge in [0.1, 0.15) is 17.3 Å². The number of furan rings is 1. The highest BCUT2D eigenvalue weighted by molar-refractivity contribution is 6.30. The van der Waals surface area contributed by atoms with Gasteiger partial charge in [-0.2, -0.15) is 0 Å². The molecule has 1 unspecified atom stereocenters. The topological polar surface area (TPSA) is 25.2 Å². The minimum atomic E-state index is -0.413. The van der Waals surface area contributed by atoms with E-state index in [-0.39, 0.29) is 11.1 Å². The van der Waals surface area contributed by atoms with E-state index < -0.39 is 5.82 Å². The van der Waals surface area contributed by atoms with Gasteiger partial charge < -0.3 is 9.73 Å². The largest absolute Gasteiger partial charge is 0.464 e. The molecule has 0 aliphatic heterocycles. The van der Waals surface area contributed by atoms with Crippen molar-refractivity contribution in [2.24, 2.45) is 0 Å². The summed E-state index contributed by atoms with van der Waals surface area (Å²) in [5.74, 6) is 1.32. The second-order valence-electron chi connectivity index (χ2n) is 4.05. The molecular formula is C14H15ClFNO. The summed E-state index contributed by atoms with van der Waals surface area (Å²) in [5, 5.41) is 3.26. The lowest BCUT2D eigenvalue weighted by molar-refractivity contribution is 0.433. The predicted octanol–water partition coefficient (Wildman–Crippen LogP) is 3.94. The van der Waals surface area contributed by atoms with Crippen molar-refractivity contribution >= 4 is 11.6 Å². The van der Waals surface area contributed by atoms with Crippen molar-refractivity contribution in [1.82, 2.24) is 5.32 Å². The summed E-state index contributed by atoms with van der Waals surface area (Å²) < 4.78 is 18.9. The molecule has 2 aromatic rings. The van der Waals surface area contributed by atoms with E-state index >= 15 is 0 Å². The molecule has 96 valence electrons. The summed E-state index contributed by atoms with van der Waals surface area (Å²) in [7, 11) is 1.83. The Morgan fingerprint density at radius 1 is 1.33 bits per heavy atom. The maximum Gasteiger partial charge on any atom is 0.141 e. The van der Waals surface area contributed by atoms with Crippen LogP contribution in [0.1, 0.15) is 30.0 Å². The summed E-state index contributed by atoms with van der Waals surface area (Å²) in [4.78, 5) is 0. The zero-order valence-electron chi connectivity index (χ0n) is 10.3. The van der Waals surface area contributed by atoms with Crippen LogP contribution in [0.4, 0.5) is 4.39 Å². The molecule has 0 amide bonds. The Balaban J connectivity index is 2.35. The molecule has 1 atom stereocenters. The first kappa shape index (κ1) is 13.1. The Morgan fingerprint density at radius 2 is 2.11 bits per heavy atom. The molecule has 4 heteroatoms. The number of aryl methyl sites for hydroxylation is 1. The van der Waals surface area contributed by atoms with E-state index in [0.29, 0.717) is 0 Å². The fourth-order valence-corrected chi connectivity index (χ4v) is 2.09. The van der Waals surface area contributed by atoms with Crippen molar-refractivity contribution in [3.05, 3.63) is 58.3 Å². The van der Waals surface area contributed by atoms with E-state index in [4.69, 9.17) is 16.0 Å². The first-order valence-corrected chi connectivity index (χ1v) is 6.24. The average molecular weight is 268 g/mol. The van der Waals surface area contributed by atoms with Crippen LogP contribution in [0.15, 0.2) is 34.7 Å². The minimum Gasteiger partial charge on any atom is -0.464 e. The Morgan fingerprint density at radius 3 is 2.67 bits per heavy atom. The molecule has 0 saturated carbocycles. The number of benzene rings is 1. The molecule has 1 N–H and O–H groups in total. The molecule has 0 aliphatic rings. The first-order chi connectivity index (χ1) is 8.65. The minimum absolute atomic E-state index is 0.120. The zero-order chi connectivity index (χ0) is 13.1. The van der Waals surface area contributed by atoms with Crippen LogP contribution < -0.4 is 5.32 Å². The van der Waals surface area contributed by atoms with Gasteiger partial charge in [0.2, 0.25) is 0 Å². The number of halogens is 2. The molecule has 0 aliphatic carbocycles. The Bertz CT molecular complexity index is 538. The van der Waals surface area contributed by atoms with E-state index in [1.807, 2.05) is 26.1 Å². The second kappa shape index (κ2) is 5.55. The standard InChI is InChI=1S/C14H15ClFNO/c1-3-10-5-7-13(18-10)14(17-2)9-4-6-12(16)11(15)8-9/h4-8,14,17H,3H2,1-2H3. The van der Waals surface area contributed by atoms with Gasteiger partial charge in [0.25, 0.3) is 0 Å². The van der Waals surface area contributed by atoms with Gasteiger partial charge in [-0.25, -0.2) is 4.39 Å². The number of rotatable bonds is 4. The fraction of sp³-hybridized carbons (Fsp3) is 0.286. The van der Waals surface area contributed by atoms with Gasteiger partial charge in [-0.1, -0.05) is 24.6 Å². The van der Waals surface area contributed by atoms with Crippen LogP contribution in [0, 0.1) is 5.82 Å². The molecule has 0 saturated heterocycles. The molecule has 0 spiro atoms. The van der Waals surface area contributed by atoms with Crippen LogP contribution in [0.25, 0.3) is 0 Å². The summed E-state index contributed by atoms with van der Waals surface area (Å²) in [6.45, 7) is 2.03. The molecule has 1 aromatic carbocycles. The lowest BCUT2D eigenvalue weighted by Crippen LogP contribution is -2.17. The highest BCUT2D eigenvalue weighted by atomic mass is 35.5. The maximum absolute atomic E-state index is 13.2. The van der Waals surface area contributed by atoms with Gasteiger partial charge in [0.05, 0.1) is 11.1 Å². The Kier molecular flexibility index (Phi) is 4.04. The fourth-order valence-electron chi connectivity index (χ4n) is 1.90. The summed E-state index contributed by atoms with van der Waals surface area (Å²) in [6.07, 6.45) is 0.848. The molecule has 1 heterocycles. The van der Waals surface area contributed by atoms with Crippen LogP contribution in [-0.2, 0) is 6.42 Å². The van der Waals surface area contributed by atoms with Crippen molar-refractivity contribution < 1.29 is 8.81 Å². The van der Waals surface area contributed by atoms with E-state index in [1.54, 1.807) is 12.1 Å². The maximum atomic E-state index is 13.2. The van der Waals surface area contributed by atoms with Crippen LogP contribution in [0.3, 0.4) is 0 Å². The van der Waals surface area contributed by atoms with Gasteiger partial charge in [0.15, 0.2) is 0 Å². The van der Waals surface area contributed by atoms with Crippen LogP contribution >= 0.6 is 11.6 Å². The molecular weight excluding hydrogens is 253 g/mol. The lowest BCUT2D eigenvalue weighted by atomic mass is 10.0. The summed E-state index contributed by atoms with van der Waals surface area (Å²) in [5.41, 5.74) is 0.876. The van der Waals surface area contributed by atoms with Crippen molar-refractivity contribution in [2.45, 2.75) is 19.4 Å². The summed E-state index contributed by atoms with van der Waals surface area (Å²) in [6, 6.07) is 8.44. The number of nitrogens with one attached hydrogen (secondary N) is 1. The van der Waals surface area contributed by atoms with Crippen molar-refractivity contribution in [2.75, 3.05) is 7.05 Å². The molecule has 1 aromatic heterocycles. The third kappa shape index (κ3) is 2.57. The van der Waals surface area contributed by atoms with Crippen LogP contribution in [-0.4, -0.2) is 7.05 Å². The molecule has 0 bridgehead atoms. The Labute approximate surface area is 111 Å². The van der Waals surface area contributed by atoms with Crippen LogP contribution in [0.5, 0.6) is 0 Å². The SMILES string of the molecule is CCc1ccc(C(NC)c2ccc(F)c(Cl)c2)o1. The highest BCUT2D eigenvalue weighted by Crippen LogP contribution is 2.27. The average Bonchev–Trinajstić information content (AvgIpc) is 2.83. The Hall–Kier alpha value is -1.32. The van der Waals surface area contributed by atoms with E-state index in [9.17, 15) is 4.39 Å². The van der Waals surface area contributed by atoms with Crippen molar-refractivity contribution in [3.8, 4) is 0 Å². The van der Waals surface area contributed by atoms with Crippen molar-refractivity contribution in [3.63, 3.8) is 0 Å². The normalized spacial score (nSPS) is 12.7. The molecule has 18 heavy (non-hydrogen) atoms. The van der Waals surface area contributed by atoms with E-state index in [0.717, 1.165) is 23.5 Å². The highest BCUT2D eigenvalue weighted by Gasteiger charge is 2.17. The van der Waals surface area contributed by atoms with Gasteiger partial charge in [-0.3, -0.25) is 0 Å². The summed E-state index contributed by atoms with van der Waals surface area (Å²) >= 11 is 5.80. The van der Waals surface area contributed by atoms with Gasteiger partial charge >= 0.3 is 0 Å².